The van der Waals surface area contributed by atoms with Crippen LogP contribution in [0.5, 0.6) is 5.75 Å². The van der Waals surface area contributed by atoms with Crippen LogP contribution in [-0.4, -0.2) is 26.9 Å². The SMILES string of the molecule is CC(C)(C)S(C)(C)Oc1ccnn2cccc12. The van der Waals surface area contributed by atoms with Crippen LogP contribution in [-0.2, 0) is 0 Å². The van der Waals surface area contributed by atoms with E-state index in [1.54, 1.807) is 6.20 Å². The highest BCUT2D eigenvalue weighted by atomic mass is 32.3. The van der Waals surface area contributed by atoms with Gasteiger partial charge in [0.2, 0.25) is 0 Å². The molecule has 0 unspecified atom stereocenters. The van der Waals surface area contributed by atoms with Crippen molar-refractivity contribution in [3.05, 3.63) is 30.6 Å². The molecule has 0 atom stereocenters. The van der Waals surface area contributed by atoms with Crippen LogP contribution in [0.25, 0.3) is 5.52 Å². The molecule has 17 heavy (non-hydrogen) atoms. The van der Waals surface area contributed by atoms with Crippen molar-refractivity contribution in [1.82, 2.24) is 9.61 Å². The van der Waals surface area contributed by atoms with Crippen LogP contribution < -0.4 is 4.18 Å². The maximum Gasteiger partial charge on any atom is 0.162 e. The van der Waals surface area contributed by atoms with E-state index in [-0.39, 0.29) is 4.75 Å². The molecule has 0 spiro atoms. The van der Waals surface area contributed by atoms with Gasteiger partial charge in [-0.25, -0.2) is 4.52 Å². The third-order valence-electron chi connectivity index (χ3n) is 3.17. The molecule has 0 saturated heterocycles. The molecule has 0 amide bonds. The lowest BCUT2D eigenvalue weighted by Crippen LogP contribution is -2.27. The second-order valence-electron chi connectivity index (χ2n) is 5.46. The van der Waals surface area contributed by atoms with E-state index in [1.165, 1.54) is 0 Å². The molecule has 2 aromatic rings. The molecule has 0 aromatic carbocycles. The zero-order valence-corrected chi connectivity index (χ0v) is 11.9. The summed E-state index contributed by atoms with van der Waals surface area (Å²) in [6, 6.07) is 5.95. The van der Waals surface area contributed by atoms with E-state index in [0.29, 0.717) is 0 Å². The van der Waals surface area contributed by atoms with E-state index < -0.39 is 10.3 Å². The van der Waals surface area contributed by atoms with Crippen LogP contribution in [0.2, 0.25) is 0 Å². The van der Waals surface area contributed by atoms with Crippen LogP contribution in [0.15, 0.2) is 30.6 Å². The van der Waals surface area contributed by atoms with Gasteiger partial charge in [0.15, 0.2) is 5.75 Å². The van der Waals surface area contributed by atoms with Crippen molar-refractivity contribution in [3.8, 4) is 5.75 Å². The van der Waals surface area contributed by atoms with Gasteiger partial charge < -0.3 is 4.18 Å². The van der Waals surface area contributed by atoms with Crippen LogP contribution in [0.4, 0.5) is 0 Å². The first-order valence-electron chi connectivity index (χ1n) is 5.66. The second-order valence-corrected chi connectivity index (χ2v) is 9.32. The highest BCUT2D eigenvalue weighted by Gasteiger charge is 2.30. The van der Waals surface area contributed by atoms with Crippen molar-refractivity contribution >= 4 is 15.8 Å². The van der Waals surface area contributed by atoms with Gasteiger partial charge in [0.25, 0.3) is 0 Å². The largest absolute Gasteiger partial charge is 0.447 e. The molecule has 2 heterocycles. The standard InChI is InChI=1S/C13H20N2OS/c1-13(2,3)17(4,5)16-12-8-9-14-15-10-6-7-11(12)15/h6-10H,1-5H3. The van der Waals surface area contributed by atoms with Gasteiger partial charge in [-0.15, -0.1) is 0 Å². The number of fused-ring (bicyclic) bond motifs is 1. The average molecular weight is 252 g/mol. The fraction of sp³-hybridized carbons (Fsp3) is 0.462. The topological polar surface area (TPSA) is 26.5 Å². The predicted molar refractivity (Wildman–Crippen MR) is 75.0 cm³/mol. The minimum atomic E-state index is -1.16. The summed E-state index contributed by atoms with van der Waals surface area (Å²) in [5.74, 6) is 0.917. The van der Waals surface area contributed by atoms with E-state index in [9.17, 15) is 0 Å². The molecule has 0 N–H and O–H groups in total. The molecule has 3 nitrogen and oxygen atoms in total. The Hall–Kier alpha value is -1.16. The molecule has 2 rings (SSSR count). The summed E-state index contributed by atoms with van der Waals surface area (Å²) in [4.78, 5) is 0. The summed E-state index contributed by atoms with van der Waals surface area (Å²) in [6.07, 6.45) is 8.11. The summed E-state index contributed by atoms with van der Waals surface area (Å²) >= 11 is 0. The van der Waals surface area contributed by atoms with Crippen molar-refractivity contribution in [2.75, 3.05) is 12.5 Å². The summed E-state index contributed by atoms with van der Waals surface area (Å²) in [5, 5.41) is 4.24. The minimum Gasteiger partial charge on any atom is -0.447 e. The summed E-state index contributed by atoms with van der Waals surface area (Å²) in [6.45, 7) is 6.66. The fourth-order valence-electron chi connectivity index (χ4n) is 1.35. The Balaban J connectivity index is 2.39. The van der Waals surface area contributed by atoms with Gasteiger partial charge in [0.1, 0.15) is 5.52 Å². The Morgan fingerprint density at radius 2 is 1.94 bits per heavy atom. The number of hydrogen-bond donors (Lipinski definition) is 0. The second kappa shape index (κ2) is 3.95. The minimum absolute atomic E-state index is 0.153. The van der Waals surface area contributed by atoms with Crippen molar-refractivity contribution in [2.45, 2.75) is 25.5 Å². The number of rotatable bonds is 2. The molecule has 0 aliphatic rings. The molecule has 0 fully saturated rings. The highest BCUT2D eigenvalue weighted by molar-refractivity contribution is 8.30. The van der Waals surface area contributed by atoms with Crippen LogP contribution in [0.1, 0.15) is 20.8 Å². The molecule has 94 valence electrons. The molecular formula is C13H20N2OS. The third-order valence-corrected chi connectivity index (χ3v) is 6.72. The van der Waals surface area contributed by atoms with Gasteiger partial charge in [-0.2, -0.15) is 5.10 Å². The molecule has 0 radical (unpaired) electrons. The van der Waals surface area contributed by atoms with Crippen LogP contribution >= 0.6 is 10.3 Å². The number of hydrogen-bond acceptors (Lipinski definition) is 2. The van der Waals surface area contributed by atoms with Gasteiger partial charge in [-0.1, -0.05) is 10.3 Å². The van der Waals surface area contributed by atoms with E-state index in [1.807, 2.05) is 28.9 Å². The average Bonchev–Trinajstić information content (AvgIpc) is 2.64. The van der Waals surface area contributed by atoms with Gasteiger partial charge in [0, 0.05) is 17.0 Å². The fourth-order valence-corrected chi connectivity index (χ4v) is 2.19. The Labute approximate surface area is 104 Å². The summed E-state index contributed by atoms with van der Waals surface area (Å²) in [7, 11) is -1.16. The van der Waals surface area contributed by atoms with Crippen LogP contribution in [0, 0.1) is 0 Å². The Morgan fingerprint density at radius 1 is 1.24 bits per heavy atom. The predicted octanol–water partition coefficient (Wildman–Crippen LogP) is 3.49. The molecule has 0 aliphatic heterocycles. The number of nitrogens with zero attached hydrogens (tertiary/aromatic N) is 2. The van der Waals surface area contributed by atoms with Crippen molar-refractivity contribution < 1.29 is 4.18 Å². The summed E-state index contributed by atoms with van der Waals surface area (Å²) < 4.78 is 8.25. The van der Waals surface area contributed by atoms with Gasteiger partial charge in [-0.3, -0.25) is 0 Å². The third kappa shape index (κ3) is 2.27. The lowest BCUT2D eigenvalue weighted by molar-refractivity contribution is 0.587. The first kappa shape index (κ1) is 12.3. The quantitative estimate of drug-likeness (QED) is 0.818. The van der Waals surface area contributed by atoms with Gasteiger partial charge >= 0.3 is 0 Å². The maximum absolute atomic E-state index is 6.26. The van der Waals surface area contributed by atoms with Crippen molar-refractivity contribution in [2.24, 2.45) is 0 Å². The molecule has 0 saturated carbocycles. The van der Waals surface area contributed by atoms with E-state index >= 15 is 0 Å². The number of aromatic nitrogens is 2. The first-order chi connectivity index (χ1) is 7.81. The monoisotopic (exact) mass is 252 g/mol. The van der Waals surface area contributed by atoms with E-state index in [0.717, 1.165) is 11.3 Å². The van der Waals surface area contributed by atoms with Crippen molar-refractivity contribution in [3.63, 3.8) is 0 Å². The Kier molecular flexibility index (Phi) is 2.86. The smallest absolute Gasteiger partial charge is 0.162 e. The highest BCUT2D eigenvalue weighted by Crippen LogP contribution is 2.53. The molecule has 4 heteroatoms. The Bertz CT molecular complexity index is 525. The van der Waals surface area contributed by atoms with Gasteiger partial charge in [0.05, 0.1) is 6.20 Å². The molecule has 0 bridgehead atoms. The lowest BCUT2D eigenvalue weighted by atomic mass is 10.3. The van der Waals surface area contributed by atoms with Gasteiger partial charge in [-0.05, 0) is 45.4 Å². The Morgan fingerprint density at radius 3 is 2.59 bits per heavy atom. The summed E-state index contributed by atoms with van der Waals surface area (Å²) in [5.41, 5.74) is 1.03. The normalized spacial score (nSPS) is 13.9. The van der Waals surface area contributed by atoms with Crippen LogP contribution in [0.3, 0.4) is 0 Å². The molecular weight excluding hydrogens is 232 g/mol. The first-order valence-corrected chi connectivity index (χ1v) is 8.03. The zero-order valence-electron chi connectivity index (χ0n) is 11.1. The molecule has 0 aliphatic carbocycles. The van der Waals surface area contributed by atoms with E-state index in [2.05, 4.69) is 38.4 Å². The maximum atomic E-state index is 6.26. The van der Waals surface area contributed by atoms with Crippen molar-refractivity contribution in [1.29, 1.82) is 0 Å². The lowest BCUT2D eigenvalue weighted by Gasteiger charge is -2.43. The zero-order chi connectivity index (χ0) is 12.7. The molecule has 2 aromatic heterocycles. The van der Waals surface area contributed by atoms with E-state index in [4.69, 9.17) is 4.18 Å².